The molecule has 0 amide bonds. The maximum Gasteiger partial charge on any atom is 0.134 e. The van der Waals surface area contributed by atoms with Gasteiger partial charge in [-0.25, -0.2) is 0 Å². The number of para-hydroxylation sites is 1. The molecule has 3 rings (SSSR count). The van der Waals surface area contributed by atoms with Crippen LogP contribution < -0.4 is 5.73 Å². The Morgan fingerprint density at radius 3 is 2.72 bits per heavy atom. The van der Waals surface area contributed by atoms with Crippen LogP contribution in [0.5, 0.6) is 0 Å². The highest BCUT2D eigenvalue weighted by Gasteiger charge is 2.20. The van der Waals surface area contributed by atoms with E-state index >= 15 is 0 Å². The first-order chi connectivity index (χ1) is 8.68. The van der Waals surface area contributed by atoms with E-state index in [1.54, 1.807) is 10.9 Å². The molecule has 0 saturated heterocycles. The number of benzene rings is 1. The molecule has 0 aliphatic rings. The Labute approximate surface area is 105 Å². The number of hydrogen-bond donors (Lipinski definition) is 1. The highest BCUT2D eigenvalue weighted by molar-refractivity contribution is 5.82. The SMILES string of the molecule is Cc1c(C(N)c2ccnn2C)oc2ccccc12. The van der Waals surface area contributed by atoms with Gasteiger partial charge in [-0.15, -0.1) is 0 Å². The van der Waals surface area contributed by atoms with Crippen LogP contribution in [0.4, 0.5) is 0 Å². The van der Waals surface area contributed by atoms with Crippen molar-refractivity contribution in [1.29, 1.82) is 0 Å². The lowest BCUT2D eigenvalue weighted by molar-refractivity contribution is 0.506. The Kier molecular flexibility index (Phi) is 2.45. The first-order valence-corrected chi connectivity index (χ1v) is 5.90. The average Bonchev–Trinajstić information content (AvgIpc) is 2.94. The third-order valence-corrected chi connectivity index (χ3v) is 3.34. The number of nitrogens with two attached hydrogens (primary N) is 1. The molecule has 1 unspecified atom stereocenters. The first-order valence-electron chi connectivity index (χ1n) is 5.90. The Bertz CT molecular complexity index is 696. The molecule has 92 valence electrons. The summed E-state index contributed by atoms with van der Waals surface area (Å²) in [6, 6.07) is 9.60. The molecule has 3 aromatic rings. The van der Waals surface area contributed by atoms with Crippen LogP contribution in [0.1, 0.15) is 23.1 Å². The van der Waals surface area contributed by atoms with E-state index in [-0.39, 0.29) is 6.04 Å². The third kappa shape index (κ3) is 1.54. The summed E-state index contributed by atoms with van der Waals surface area (Å²) >= 11 is 0. The van der Waals surface area contributed by atoms with E-state index in [1.165, 1.54) is 0 Å². The Morgan fingerprint density at radius 1 is 1.28 bits per heavy atom. The van der Waals surface area contributed by atoms with Crippen molar-refractivity contribution in [2.24, 2.45) is 12.8 Å². The summed E-state index contributed by atoms with van der Waals surface area (Å²) in [6.45, 7) is 2.04. The monoisotopic (exact) mass is 241 g/mol. The molecule has 18 heavy (non-hydrogen) atoms. The fraction of sp³-hybridized carbons (Fsp3) is 0.214. The minimum Gasteiger partial charge on any atom is -0.459 e. The van der Waals surface area contributed by atoms with Crippen molar-refractivity contribution < 1.29 is 4.42 Å². The normalized spacial score (nSPS) is 13.1. The molecule has 0 radical (unpaired) electrons. The predicted octanol–water partition coefficient (Wildman–Crippen LogP) is 2.52. The number of rotatable bonds is 2. The van der Waals surface area contributed by atoms with Crippen LogP contribution in [0.3, 0.4) is 0 Å². The molecule has 4 heteroatoms. The van der Waals surface area contributed by atoms with Gasteiger partial charge in [-0.2, -0.15) is 5.10 Å². The van der Waals surface area contributed by atoms with Gasteiger partial charge in [0.2, 0.25) is 0 Å². The van der Waals surface area contributed by atoms with E-state index in [4.69, 9.17) is 10.2 Å². The highest BCUT2D eigenvalue weighted by atomic mass is 16.3. The van der Waals surface area contributed by atoms with Crippen LogP contribution in [0.25, 0.3) is 11.0 Å². The molecule has 0 aliphatic carbocycles. The van der Waals surface area contributed by atoms with Crippen LogP contribution in [-0.4, -0.2) is 9.78 Å². The van der Waals surface area contributed by atoms with Gasteiger partial charge in [-0.1, -0.05) is 18.2 Å². The topological polar surface area (TPSA) is 57.0 Å². The quantitative estimate of drug-likeness (QED) is 0.750. The van der Waals surface area contributed by atoms with Crippen LogP contribution >= 0.6 is 0 Å². The number of aryl methyl sites for hydroxylation is 2. The second-order valence-electron chi connectivity index (χ2n) is 4.44. The number of aromatic nitrogens is 2. The van der Waals surface area contributed by atoms with E-state index in [2.05, 4.69) is 5.10 Å². The maximum atomic E-state index is 6.27. The fourth-order valence-electron chi connectivity index (χ4n) is 2.31. The smallest absolute Gasteiger partial charge is 0.134 e. The van der Waals surface area contributed by atoms with Gasteiger partial charge in [-0.05, 0) is 19.1 Å². The number of furan rings is 1. The highest BCUT2D eigenvalue weighted by Crippen LogP contribution is 2.30. The van der Waals surface area contributed by atoms with Crippen molar-refractivity contribution in [2.45, 2.75) is 13.0 Å². The van der Waals surface area contributed by atoms with Gasteiger partial charge < -0.3 is 10.2 Å². The molecule has 2 N–H and O–H groups in total. The van der Waals surface area contributed by atoms with E-state index in [9.17, 15) is 0 Å². The summed E-state index contributed by atoms with van der Waals surface area (Å²) in [6.07, 6.45) is 1.74. The Hall–Kier alpha value is -2.07. The lowest BCUT2D eigenvalue weighted by Gasteiger charge is -2.10. The van der Waals surface area contributed by atoms with E-state index < -0.39 is 0 Å². The second-order valence-corrected chi connectivity index (χ2v) is 4.44. The van der Waals surface area contributed by atoms with Gasteiger partial charge >= 0.3 is 0 Å². The molecular weight excluding hydrogens is 226 g/mol. The van der Waals surface area contributed by atoms with Crippen molar-refractivity contribution in [3.63, 3.8) is 0 Å². The predicted molar refractivity (Wildman–Crippen MR) is 70.2 cm³/mol. The maximum absolute atomic E-state index is 6.27. The van der Waals surface area contributed by atoms with Crippen molar-refractivity contribution >= 4 is 11.0 Å². The van der Waals surface area contributed by atoms with Crippen LogP contribution in [0, 0.1) is 6.92 Å². The Morgan fingerprint density at radius 2 is 2.06 bits per heavy atom. The molecule has 1 atom stereocenters. The molecular formula is C14H15N3O. The van der Waals surface area contributed by atoms with Gasteiger partial charge in [0.1, 0.15) is 17.4 Å². The van der Waals surface area contributed by atoms with E-state index in [0.29, 0.717) is 0 Å². The minimum absolute atomic E-state index is 0.287. The van der Waals surface area contributed by atoms with Crippen molar-refractivity contribution in [3.8, 4) is 0 Å². The van der Waals surface area contributed by atoms with Gasteiger partial charge in [0.05, 0.1) is 5.69 Å². The van der Waals surface area contributed by atoms with Crippen LogP contribution in [0.2, 0.25) is 0 Å². The van der Waals surface area contributed by atoms with Crippen molar-refractivity contribution in [2.75, 3.05) is 0 Å². The lowest BCUT2D eigenvalue weighted by atomic mass is 10.1. The van der Waals surface area contributed by atoms with Gasteiger partial charge in [0.15, 0.2) is 0 Å². The summed E-state index contributed by atoms with van der Waals surface area (Å²) in [5.41, 5.74) is 9.19. The number of hydrogen-bond acceptors (Lipinski definition) is 3. The standard InChI is InChI=1S/C14H15N3O/c1-9-10-5-3-4-6-12(10)18-14(9)13(15)11-7-8-16-17(11)2/h3-8,13H,15H2,1-2H3. The molecule has 1 aromatic carbocycles. The number of fused-ring (bicyclic) bond motifs is 1. The van der Waals surface area contributed by atoms with Gasteiger partial charge in [0, 0.05) is 24.2 Å². The van der Waals surface area contributed by atoms with Crippen molar-refractivity contribution in [3.05, 3.63) is 53.5 Å². The van der Waals surface area contributed by atoms with Crippen LogP contribution in [0.15, 0.2) is 40.9 Å². The molecule has 0 aliphatic heterocycles. The van der Waals surface area contributed by atoms with Gasteiger partial charge in [-0.3, -0.25) is 4.68 Å². The summed E-state index contributed by atoms with van der Waals surface area (Å²) in [7, 11) is 1.88. The zero-order valence-electron chi connectivity index (χ0n) is 10.4. The van der Waals surface area contributed by atoms with Crippen molar-refractivity contribution in [1.82, 2.24) is 9.78 Å². The van der Waals surface area contributed by atoms with E-state index in [1.807, 2.05) is 44.3 Å². The summed E-state index contributed by atoms with van der Waals surface area (Å²) in [4.78, 5) is 0. The Balaban J connectivity index is 2.15. The zero-order chi connectivity index (χ0) is 12.7. The molecule has 2 heterocycles. The molecule has 0 bridgehead atoms. The lowest BCUT2D eigenvalue weighted by Crippen LogP contribution is -2.16. The summed E-state index contributed by atoms with van der Waals surface area (Å²) < 4.78 is 7.65. The van der Waals surface area contributed by atoms with E-state index in [0.717, 1.165) is 28.0 Å². The summed E-state index contributed by atoms with van der Waals surface area (Å²) in [5, 5.41) is 5.26. The molecule has 2 aromatic heterocycles. The van der Waals surface area contributed by atoms with Gasteiger partial charge in [0.25, 0.3) is 0 Å². The minimum atomic E-state index is -0.287. The third-order valence-electron chi connectivity index (χ3n) is 3.34. The zero-order valence-corrected chi connectivity index (χ0v) is 10.4. The molecule has 0 spiro atoms. The average molecular weight is 241 g/mol. The number of nitrogens with zero attached hydrogens (tertiary/aromatic N) is 2. The fourth-order valence-corrected chi connectivity index (χ4v) is 2.31. The van der Waals surface area contributed by atoms with Crippen LogP contribution in [-0.2, 0) is 7.05 Å². The first kappa shape index (κ1) is 11.0. The molecule has 0 fully saturated rings. The largest absolute Gasteiger partial charge is 0.459 e. The summed E-state index contributed by atoms with van der Waals surface area (Å²) in [5.74, 6) is 0.805. The molecule has 4 nitrogen and oxygen atoms in total. The second kappa shape index (κ2) is 3.99. The molecule has 0 saturated carbocycles.